The van der Waals surface area contributed by atoms with Gasteiger partial charge < -0.3 is 5.73 Å². The third-order valence-corrected chi connectivity index (χ3v) is 3.94. The third kappa shape index (κ3) is 3.08. The van der Waals surface area contributed by atoms with E-state index in [1.54, 1.807) is 0 Å². The van der Waals surface area contributed by atoms with Crippen molar-refractivity contribution < 1.29 is 0 Å². The molecule has 2 N–H and O–H groups in total. The molecule has 94 valence electrons. The molecule has 1 heterocycles. The molecule has 2 heteroatoms. The van der Waals surface area contributed by atoms with Gasteiger partial charge in [0.15, 0.2) is 0 Å². The molecule has 0 radical (unpaired) electrons. The van der Waals surface area contributed by atoms with Gasteiger partial charge in [0.25, 0.3) is 0 Å². The van der Waals surface area contributed by atoms with E-state index in [0.29, 0.717) is 6.04 Å². The molecule has 1 aliphatic heterocycles. The smallest absolute Gasteiger partial charge is 0.0105 e. The molecular weight excluding hydrogens is 208 g/mol. The molecule has 0 bridgehead atoms. The maximum absolute atomic E-state index is 5.71. The van der Waals surface area contributed by atoms with Crippen molar-refractivity contribution in [2.45, 2.75) is 38.6 Å². The van der Waals surface area contributed by atoms with Crippen molar-refractivity contribution in [3.8, 4) is 0 Å². The summed E-state index contributed by atoms with van der Waals surface area (Å²) in [6.07, 6.45) is 4.73. The first-order chi connectivity index (χ1) is 8.35. The molecule has 1 aliphatic rings. The van der Waals surface area contributed by atoms with Gasteiger partial charge in [0.2, 0.25) is 0 Å². The fraction of sp³-hybridized carbons (Fsp3) is 0.600. The summed E-state index contributed by atoms with van der Waals surface area (Å²) in [5.74, 6) is 0. The van der Waals surface area contributed by atoms with E-state index in [0.717, 1.165) is 13.0 Å². The zero-order chi connectivity index (χ0) is 12.1. The molecule has 2 rings (SSSR count). The molecule has 1 unspecified atom stereocenters. The summed E-state index contributed by atoms with van der Waals surface area (Å²) in [5, 5.41) is 0. The number of nitrogens with two attached hydrogens (primary N) is 1. The van der Waals surface area contributed by atoms with E-state index in [9.17, 15) is 0 Å². The highest BCUT2D eigenvalue weighted by Crippen LogP contribution is 2.18. The molecule has 0 saturated carbocycles. The Labute approximate surface area is 105 Å². The molecule has 0 spiro atoms. The van der Waals surface area contributed by atoms with E-state index >= 15 is 0 Å². The fourth-order valence-corrected chi connectivity index (χ4v) is 2.89. The molecule has 0 aromatic heterocycles. The maximum Gasteiger partial charge on any atom is 0.0105 e. The van der Waals surface area contributed by atoms with Crippen LogP contribution >= 0.6 is 0 Å². The van der Waals surface area contributed by atoms with Crippen LogP contribution in [0.25, 0.3) is 0 Å². The van der Waals surface area contributed by atoms with Crippen LogP contribution in [0.5, 0.6) is 0 Å². The van der Waals surface area contributed by atoms with E-state index in [1.807, 2.05) is 0 Å². The standard InChI is InChI=1S/C15H24N2/c1-2-15(7-10-16)17-11-8-13-5-3-4-6-14(13)9-12-17/h3-6,15H,2,7-12,16H2,1H3. The lowest BCUT2D eigenvalue weighted by Gasteiger charge is -2.29. The SMILES string of the molecule is CCC(CCN)N1CCc2ccccc2CC1. The molecular formula is C15H24N2. The van der Waals surface area contributed by atoms with Crippen LogP contribution in [0.1, 0.15) is 30.9 Å². The van der Waals surface area contributed by atoms with Crippen LogP contribution < -0.4 is 5.73 Å². The molecule has 0 fully saturated rings. The van der Waals surface area contributed by atoms with Gasteiger partial charge in [0.05, 0.1) is 0 Å². The number of hydrogen-bond acceptors (Lipinski definition) is 2. The number of hydrogen-bond donors (Lipinski definition) is 1. The van der Waals surface area contributed by atoms with Crippen molar-refractivity contribution in [3.05, 3.63) is 35.4 Å². The van der Waals surface area contributed by atoms with Crippen LogP contribution in [0.2, 0.25) is 0 Å². The minimum absolute atomic E-state index is 0.675. The van der Waals surface area contributed by atoms with Crippen LogP contribution in [-0.4, -0.2) is 30.6 Å². The van der Waals surface area contributed by atoms with E-state index < -0.39 is 0 Å². The first-order valence-electron chi connectivity index (χ1n) is 6.86. The maximum atomic E-state index is 5.71. The van der Waals surface area contributed by atoms with Crippen molar-refractivity contribution in [1.82, 2.24) is 4.90 Å². The molecule has 0 aliphatic carbocycles. The highest BCUT2D eigenvalue weighted by molar-refractivity contribution is 5.28. The zero-order valence-corrected chi connectivity index (χ0v) is 10.9. The van der Waals surface area contributed by atoms with Crippen molar-refractivity contribution in [3.63, 3.8) is 0 Å². The van der Waals surface area contributed by atoms with E-state index in [1.165, 1.54) is 43.5 Å². The topological polar surface area (TPSA) is 29.3 Å². The summed E-state index contributed by atoms with van der Waals surface area (Å²) < 4.78 is 0. The third-order valence-electron chi connectivity index (χ3n) is 3.94. The molecule has 1 aromatic carbocycles. The predicted octanol–water partition coefficient (Wildman–Crippen LogP) is 2.21. The van der Waals surface area contributed by atoms with Crippen LogP contribution in [0.3, 0.4) is 0 Å². The Morgan fingerprint density at radius 3 is 2.24 bits per heavy atom. The minimum Gasteiger partial charge on any atom is -0.330 e. The summed E-state index contributed by atoms with van der Waals surface area (Å²) in [4.78, 5) is 2.63. The normalized spacial score (nSPS) is 18.5. The molecule has 17 heavy (non-hydrogen) atoms. The van der Waals surface area contributed by atoms with Crippen molar-refractivity contribution in [2.75, 3.05) is 19.6 Å². The quantitative estimate of drug-likeness (QED) is 0.862. The highest BCUT2D eigenvalue weighted by atomic mass is 15.2. The van der Waals surface area contributed by atoms with Crippen molar-refractivity contribution in [2.24, 2.45) is 5.73 Å². The van der Waals surface area contributed by atoms with Gasteiger partial charge in [-0.25, -0.2) is 0 Å². The Morgan fingerprint density at radius 1 is 1.18 bits per heavy atom. The Hall–Kier alpha value is -0.860. The van der Waals surface area contributed by atoms with Crippen LogP contribution in [0.4, 0.5) is 0 Å². The number of nitrogens with zero attached hydrogens (tertiary/aromatic N) is 1. The Kier molecular flexibility index (Phi) is 4.57. The average molecular weight is 232 g/mol. The summed E-state index contributed by atoms with van der Waals surface area (Å²) >= 11 is 0. The van der Waals surface area contributed by atoms with Crippen molar-refractivity contribution >= 4 is 0 Å². The Balaban J connectivity index is 2.03. The minimum atomic E-state index is 0.675. The molecule has 0 amide bonds. The monoisotopic (exact) mass is 232 g/mol. The summed E-state index contributed by atoms with van der Waals surface area (Å²) in [6.45, 7) is 5.46. The summed E-state index contributed by atoms with van der Waals surface area (Å²) in [7, 11) is 0. The molecule has 1 aromatic rings. The van der Waals surface area contributed by atoms with Crippen LogP contribution in [0.15, 0.2) is 24.3 Å². The lowest BCUT2D eigenvalue weighted by atomic mass is 10.0. The van der Waals surface area contributed by atoms with Gasteiger partial charge in [-0.3, -0.25) is 4.90 Å². The van der Waals surface area contributed by atoms with Gasteiger partial charge in [-0.1, -0.05) is 31.2 Å². The van der Waals surface area contributed by atoms with Gasteiger partial charge in [-0.05, 0) is 43.4 Å². The lowest BCUT2D eigenvalue weighted by Crippen LogP contribution is -2.38. The van der Waals surface area contributed by atoms with Crippen LogP contribution in [0, 0.1) is 0 Å². The molecule has 0 saturated heterocycles. The number of fused-ring (bicyclic) bond motifs is 1. The van der Waals surface area contributed by atoms with Crippen LogP contribution in [-0.2, 0) is 12.8 Å². The number of benzene rings is 1. The van der Waals surface area contributed by atoms with Gasteiger partial charge in [0, 0.05) is 19.1 Å². The zero-order valence-electron chi connectivity index (χ0n) is 10.9. The second kappa shape index (κ2) is 6.18. The summed E-state index contributed by atoms with van der Waals surface area (Å²) in [6, 6.07) is 9.55. The molecule has 1 atom stereocenters. The van der Waals surface area contributed by atoms with E-state index in [2.05, 4.69) is 36.1 Å². The predicted molar refractivity (Wildman–Crippen MR) is 73.2 cm³/mol. The first kappa shape index (κ1) is 12.6. The van der Waals surface area contributed by atoms with E-state index in [4.69, 9.17) is 5.73 Å². The first-order valence-corrected chi connectivity index (χ1v) is 6.86. The highest BCUT2D eigenvalue weighted by Gasteiger charge is 2.19. The van der Waals surface area contributed by atoms with Gasteiger partial charge in [0.1, 0.15) is 0 Å². The second-order valence-electron chi connectivity index (χ2n) is 4.94. The van der Waals surface area contributed by atoms with Crippen molar-refractivity contribution in [1.29, 1.82) is 0 Å². The second-order valence-corrected chi connectivity index (χ2v) is 4.94. The average Bonchev–Trinajstić information content (AvgIpc) is 2.58. The summed E-state index contributed by atoms with van der Waals surface area (Å²) in [5.41, 5.74) is 8.79. The number of rotatable bonds is 4. The van der Waals surface area contributed by atoms with Gasteiger partial charge in [-0.15, -0.1) is 0 Å². The molecule has 2 nitrogen and oxygen atoms in total. The Morgan fingerprint density at radius 2 is 1.76 bits per heavy atom. The van der Waals surface area contributed by atoms with Gasteiger partial charge >= 0.3 is 0 Å². The van der Waals surface area contributed by atoms with Gasteiger partial charge in [-0.2, -0.15) is 0 Å². The fourth-order valence-electron chi connectivity index (χ4n) is 2.89. The lowest BCUT2D eigenvalue weighted by molar-refractivity contribution is 0.192. The Bertz CT molecular complexity index is 322. The largest absolute Gasteiger partial charge is 0.330 e. The van der Waals surface area contributed by atoms with E-state index in [-0.39, 0.29) is 0 Å².